The number of hydrogen-bond donors (Lipinski definition) is 3. The Morgan fingerprint density at radius 3 is 2.32 bits per heavy atom. The van der Waals surface area contributed by atoms with E-state index >= 15 is 0 Å². The van der Waals surface area contributed by atoms with E-state index in [9.17, 15) is 34.5 Å². The maximum atomic E-state index is 13.6. The van der Waals surface area contributed by atoms with Crippen LogP contribution in [-0.2, 0) is 57.1 Å². The van der Waals surface area contributed by atoms with Crippen LogP contribution in [0.2, 0.25) is 0 Å². The van der Waals surface area contributed by atoms with Crippen LogP contribution in [0.3, 0.4) is 0 Å². The fraction of sp³-hybridized carbons (Fsp3) is 0.805. The number of aliphatic hydroxyl groups excluding tert-OH is 2. The largest absolute Gasteiger partial charge is 0.466 e. The highest BCUT2D eigenvalue weighted by atomic mass is 16.7. The molecule has 2 fully saturated rings. The van der Waals surface area contributed by atoms with E-state index in [4.69, 9.17) is 37.9 Å². The van der Waals surface area contributed by atoms with Crippen LogP contribution in [0, 0.1) is 17.8 Å². The highest BCUT2D eigenvalue weighted by Crippen LogP contribution is 2.38. The third kappa shape index (κ3) is 13.4. The fourth-order valence-electron chi connectivity index (χ4n) is 7.97. The number of rotatable bonds is 12. The molecule has 0 spiro atoms. The standard InChI is InChI=1S/C41H67NO15/c1-11-30(45)55-38-26(6)53-32(22-41(38,7)49)56-35-25(5)54-40(34(47)33(35)42(8)9)57-36-27(18-19-43)20-23(3)29(44)17-15-13-14-16-24(4)52-31(46)21-28(37(36)50-10)39(48)51-12-2/h13-15,17,19,23-29,32-38,40,44,47,49H,11-12,16,18,20-22H2,1-10H3/b14-13+,17-15+/t23-,24-,25-,26+,27+,28-,29+,32+,33-,34-,35-,36+,37+,38+,40+,41-/m1/s1. The Balaban J connectivity index is 2.02. The monoisotopic (exact) mass is 813 g/mol. The Kier molecular flexibility index (Phi) is 19.2. The normalized spacial score (nSPS) is 41.1. The Hall–Kier alpha value is -2.80. The number of likely N-dealkylation sites (N-methyl/N-ethyl adjacent to an activating group) is 1. The van der Waals surface area contributed by atoms with Gasteiger partial charge in [-0.25, -0.2) is 0 Å². The predicted molar refractivity (Wildman–Crippen MR) is 205 cm³/mol. The topological polar surface area (TPSA) is 206 Å². The van der Waals surface area contributed by atoms with Crippen molar-refractivity contribution >= 4 is 24.2 Å². The molecule has 0 aromatic rings. The number of carbonyl (C=O) groups is 4. The first-order valence-electron chi connectivity index (χ1n) is 20.1. The lowest BCUT2D eigenvalue weighted by molar-refractivity contribution is -0.343. The molecule has 3 rings (SSSR count). The van der Waals surface area contributed by atoms with Gasteiger partial charge in [-0.3, -0.25) is 14.4 Å². The van der Waals surface area contributed by atoms with E-state index in [1.54, 1.807) is 84.8 Å². The molecule has 3 aliphatic rings. The molecule has 0 aromatic carbocycles. The van der Waals surface area contributed by atoms with E-state index in [0.717, 1.165) is 0 Å². The first-order valence-corrected chi connectivity index (χ1v) is 20.1. The van der Waals surface area contributed by atoms with E-state index < -0.39 is 121 Å². The Labute approximate surface area is 337 Å². The molecule has 3 aliphatic heterocycles. The van der Waals surface area contributed by atoms with E-state index in [1.165, 1.54) is 7.11 Å². The van der Waals surface area contributed by atoms with Crippen molar-refractivity contribution in [1.29, 1.82) is 0 Å². The minimum absolute atomic E-state index is 0.0121. The van der Waals surface area contributed by atoms with Gasteiger partial charge in [0.15, 0.2) is 18.7 Å². The van der Waals surface area contributed by atoms with Crippen molar-refractivity contribution in [2.24, 2.45) is 17.8 Å². The van der Waals surface area contributed by atoms with Gasteiger partial charge in [0.25, 0.3) is 0 Å². The van der Waals surface area contributed by atoms with Gasteiger partial charge in [-0.05, 0) is 67.0 Å². The van der Waals surface area contributed by atoms with Crippen LogP contribution in [0.5, 0.6) is 0 Å². The molecule has 0 bridgehead atoms. The Morgan fingerprint density at radius 1 is 1.02 bits per heavy atom. The number of aliphatic hydroxyl groups is 3. The summed E-state index contributed by atoms with van der Waals surface area (Å²) in [6.07, 6.45) is -3.08. The van der Waals surface area contributed by atoms with E-state index in [-0.39, 0.29) is 32.3 Å². The van der Waals surface area contributed by atoms with Gasteiger partial charge >= 0.3 is 17.9 Å². The van der Waals surface area contributed by atoms with Crippen LogP contribution in [0.1, 0.15) is 87.0 Å². The summed E-state index contributed by atoms with van der Waals surface area (Å²) in [5.74, 6) is -4.27. The first kappa shape index (κ1) is 48.6. The summed E-state index contributed by atoms with van der Waals surface area (Å²) in [5, 5.41) is 34.5. The van der Waals surface area contributed by atoms with E-state index in [0.29, 0.717) is 12.7 Å². The summed E-state index contributed by atoms with van der Waals surface area (Å²) < 4.78 is 48.1. The van der Waals surface area contributed by atoms with Gasteiger partial charge < -0.3 is 62.9 Å². The summed E-state index contributed by atoms with van der Waals surface area (Å²) in [6.45, 7) is 11.8. The Morgan fingerprint density at radius 2 is 1.72 bits per heavy atom. The van der Waals surface area contributed by atoms with Crippen molar-refractivity contribution in [3.05, 3.63) is 24.3 Å². The molecule has 2 saturated heterocycles. The van der Waals surface area contributed by atoms with Crippen molar-refractivity contribution in [1.82, 2.24) is 4.90 Å². The number of cyclic esters (lactones) is 1. The number of carbonyl (C=O) groups excluding carboxylic acids is 4. The van der Waals surface area contributed by atoms with Crippen LogP contribution in [0.4, 0.5) is 0 Å². The molecule has 0 amide bonds. The number of nitrogens with zero attached hydrogens (tertiary/aromatic N) is 1. The SMILES string of the molecule is CCOC(=O)[C@@H]1CC(=O)O[C@H](C)C/C=C/C=C/[C@H](O)[C@H](C)C[C@H](CC=O)[C@H](O[C@@H]2O[C@H](C)[C@@H](O[C@H]3C[C@@](C)(O)[C@@H](OC(=O)CC)[C@H](C)O3)[C@H](N(C)C)[C@H]2O)[C@H]1OC. The lowest BCUT2D eigenvalue weighted by Gasteiger charge is -2.50. The molecule has 16 atom stereocenters. The summed E-state index contributed by atoms with van der Waals surface area (Å²) in [6, 6.07) is -0.786. The summed E-state index contributed by atoms with van der Waals surface area (Å²) >= 11 is 0. The summed E-state index contributed by atoms with van der Waals surface area (Å²) in [7, 11) is 4.84. The zero-order valence-electron chi connectivity index (χ0n) is 35.2. The van der Waals surface area contributed by atoms with Crippen LogP contribution in [0.25, 0.3) is 0 Å². The van der Waals surface area contributed by atoms with Gasteiger partial charge in [-0.15, -0.1) is 0 Å². The molecule has 16 heteroatoms. The van der Waals surface area contributed by atoms with Crippen LogP contribution in [0.15, 0.2) is 24.3 Å². The fourth-order valence-corrected chi connectivity index (χ4v) is 7.97. The average molecular weight is 814 g/mol. The molecular weight excluding hydrogens is 746 g/mol. The van der Waals surface area contributed by atoms with Gasteiger partial charge in [-0.2, -0.15) is 0 Å². The first-order chi connectivity index (χ1) is 26.9. The minimum atomic E-state index is -1.49. The molecule has 0 saturated carbocycles. The van der Waals surface area contributed by atoms with Gasteiger partial charge in [-0.1, -0.05) is 38.2 Å². The number of methoxy groups -OCH3 is 1. The second-order valence-corrected chi connectivity index (χ2v) is 15.9. The number of aldehydes is 1. The molecule has 0 aliphatic carbocycles. The van der Waals surface area contributed by atoms with Crippen molar-refractivity contribution in [3.63, 3.8) is 0 Å². The van der Waals surface area contributed by atoms with Crippen molar-refractivity contribution in [2.75, 3.05) is 27.8 Å². The zero-order chi connectivity index (χ0) is 42.6. The van der Waals surface area contributed by atoms with Gasteiger partial charge in [0.2, 0.25) is 0 Å². The lowest BCUT2D eigenvalue weighted by atomic mass is 9.80. The van der Waals surface area contributed by atoms with Gasteiger partial charge in [0.05, 0.1) is 55.5 Å². The minimum Gasteiger partial charge on any atom is -0.466 e. The molecule has 57 heavy (non-hydrogen) atoms. The quantitative estimate of drug-likeness (QED) is 0.147. The summed E-state index contributed by atoms with van der Waals surface area (Å²) in [4.78, 5) is 53.1. The highest BCUT2D eigenvalue weighted by Gasteiger charge is 2.53. The van der Waals surface area contributed by atoms with Crippen LogP contribution < -0.4 is 0 Å². The maximum Gasteiger partial charge on any atom is 0.312 e. The molecule has 3 heterocycles. The van der Waals surface area contributed by atoms with Gasteiger partial charge in [0, 0.05) is 32.8 Å². The molecular formula is C41H67NO15. The van der Waals surface area contributed by atoms with Crippen molar-refractivity contribution in [2.45, 2.75) is 166 Å². The van der Waals surface area contributed by atoms with Crippen LogP contribution in [-0.4, -0.2) is 151 Å². The summed E-state index contributed by atoms with van der Waals surface area (Å²) in [5.41, 5.74) is -1.49. The average Bonchev–Trinajstić information content (AvgIpc) is 3.13. The van der Waals surface area contributed by atoms with Crippen LogP contribution >= 0.6 is 0 Å². The van der Waals surface area contributed by atoms with E-state index in [1.807, 2.05) is 6.92 Å². The third-order valence-corrected chi connectivity index (χ3v) is 11.0. The zero-order valence-corrected chi connectivity index (χ0v) is 35.2. The maximum absolute atomic E-state index is 13.6. The second kappa shape index (κ2) is 22.5. The van der Waals surface area contributed by atoms with Crippen molar-refractivity contribution < 1.29 is 72.4 Å². The smallest absolute Gasteiger partial charge is 0.312 e. The Bertz CT molecular complexity index is 1350. The molecule has 326 valence electrons. The number of hydrogen-bond acceptors (Lipinski definition) is 16. The highest BCUT2D eigenvalue weighted by molar-refractivity contribution is 5.80. The number of allylic oxidation sites excluding steroid dienone is 2. The molecule has 3 N–H and O–H groups in total. The van der Waals surface area contributed by atoms with Crippen molar-refractivity contribution in [3.8, 4) is 0 Å². The van der Waals surface area contributed by atoms with E-state index in [2.05, 4.69) is 0 Å². The molecule has 0 radical (unpaired) electrons. The molecule has 0 aromatic heterocycles. The predicted octanol–water partition coefficient (Wildman–Crippen LogP) is 2.62. The molecule has 16 nitrogen and oxygen atoms in total. The number of ether oxygens (including phenoxy) is 8. The lowest BCUT2D eigenvalue weighted by Crippen LogP contribution is -2.66. The molecule has 0 unspecified atom stereocenters. The second-order valence-electron chi connectivity index (χ2n) is 15.9. The van der Waals surface area contributed by atoms with Gasteiger partial charge in [0.1, 0.15) is 30.2 Å². The number of esters is 3. The third-order valence-electron chi connectivity index (χ3n) is 11.0.